The predicted molar refractivity (Wildman–Crippen MR) is 220 cm³/mol. The summed E-state index contributed by atoms with van der Waals surface area (Å²) in [6.45, 7) is 3.75. The highest BCUT2D eigenvalue weighted by Gasteiger charge is 2.34. The van der Waals surface area contributed by atoms with Crippen LogP contribution in [0.3, 0.4) is 0 Å². The summed E-state index contributed by atoms with van der Waals surface area (Å²) >= 11 is 11.2. The maximum absolute atomic E-state index is 14.1. The molecule has 4 aromatic rings. The summed E-state index contributed by atoms with van der Waals surface area (Å²) in [7, 11) is -8.99. The quantitative estimate of drug-likeness (QED) is 0.0472. The minimum atomic E-state index is -4.50. The van der Waals surface area contributed by atoms with E-state index in [1.165, 1.54) is 24.3 Å². The maximum Gasteiger partial charge on any atom is 0.294 e. The van der Waals surface area contributed by atoms with Gasteiger partial charge in [-0.25, -0.2) is 0 Å². The van der Waals surface area contributed by atoms with E-state index in [-0.39, 0.29) is 80.5 Å². The average molecular weight is 874 g/mol. The molecule has 0 aromatic heterocycles. The van der Waals surface area contributed by atoms with Crippen molar-refractivity contribution in [2.75, 3.05) is 22.4 Å². The lowest BCUT2D eigenvalue weighted by Gasteiger charge is -2.27. The number of aryl methyl sites for hydroxylation is 2. The molecule has 308 valence electrons. The molecule has 0 aliphatic heterocycles. The number of hydrogen-bond acceptors (Lipinski definition) is 10. The summed E-state index contributed by atoms with van der Waals surface area (Å²) in [4.78, 5) is 51.3. The molecule has 2 atom stereocenters. The van der Waals surface area contributed by atoms with Crippen LogP contribution in [0.4, 0.5) is 11.4 Å². The van der Waals surface area contributed by atoms with E-state index >= 15 is 0 Å². The fraction of sp³-hybridized carbons (Fsp3) is 0.300. The molecule has 1 aliphatic rings. The number of nitrogens with one attached hydrogen (secondary N) is 4. The first-order chi connectivity index (χ1) is 27.4. The second-order valence-electron chi connectivity index (χ2n) is 13.9. The van der Waals surface area contributed by atoms with E-state index < -0.39 is 32.1 Å². The van der Waals surface area contributed by atoms with Crippen molar-refractivity contribution < 1.29 is 45.1 Å². The smallest absolute Gasteiger partial charge is 0.294 e. The largest absolute Gasteiger partial charge is 0.382 e. The lowest BCUT2D eigenvalue weighted by molar-refractivity contribution is -0.119. The number of benzene rings is 4. The molecule has 5 rings (SSSR count). The maximum atomic E-state index is 14.1. The predicted octanol–water partition coefficient (Wildman–Crippen LogP) is 5.53. The van der Waals surface area contributed by atoms with Gasteiger partial charge in [0.2, 0.25) is 11.8 Å². The van der Waals surface area contributed by atoms with Gasteiger partial charge in [-0.2, -0.15) is 16.8 Å². The van der Waals surface area contributed by atoms with Crippen molar-refractivity contribution in [3.05, 3.63) is 117 Å². The van der Waals surface area contributed by atoms with E-state index in [4.69, 9.17) is 23.2 Å². The molecule has 0 bridgehead atoms. The molecule has 2 amide bonds. The van der Waals surface area contributed by atoms with Crippen molar-refractivity contribution in [1.82, 2.24) is 10.6 Å². The summed E-state index contributed by atoms with van der Waals surface area (Å²) < 4.78 is 66.5. The third-order valence-electron chi connectivity index (χ3n) is 9.72. The minimum Gasteiger partial charge on any atom is -0.382 e. The first kappa shape index (κ1) is 44.3. The molecule has 4 aromatic carbocycles. The summed E-state index contributed by atoms with van der Waals surface area (Å²) in [6, 6.07) is 17.8. The molecule has 0 radical (unpaired) electrons. The fourth-order valence-corrected chi connectivity index (χ4v) is 7.96. The van der Waals surface area contributed by atoms with Crippen LogP contribution in [0.2, 0.25) is 0 Å². The molecular weight excluding hydrogens is 831 g/mol. The Morgan fingerprint density at radius 3 is 1.33 bits per heavy atom. The van der Waals surface area contributed by atoms with E-state index in [0.717, 1.165) is 0 Å². The summed E-state index contributed by atoms with van der Waals surface area (Å²) in [5, 5.41) is 12.0. The summed E-state index contributed by atoms with van der Waals surface area (Å²) in [5.74, 6) is -2.15. The molecule has 1 aliphatic carbocycles. The lowest BCUT2D eigenvalue weighted by atomic mass is 9.82. The molecule has 6 N–H and O–H groups in total. The van der Waals surface area contributed by atoms with Crippen LogP contribution in [0, 0.1) is 0 Å². The second-order valence-corrected chi connectivity index (χ2v) is 17.3. The Morgan fingerprint density at radius 2 is 0.983 bits per heavy atom. The van der Waals surface area contributed by atoms with Crippen molar-refractivity contribution in [2.24, 2.45) is 0 Å². The third-order valence-corrected chi connectivity index (χ3v) is 11.9. The van der Waals surface area contributed by atoms with Crippen molar-refractivity contribution in [3.63, 3.8) is 0 Å². The van der Waals surface area contributed by atoms with Crippen LogP contribution in [0.1, 0.15) is 80.8 Å². The van der Waals surface area contributed by atoms with Crippen LogP contribution in [-0.2, 0) is 55.8 Å². The first-order valence-electron chi connectivity index (χ1n) is 18.1. The highest BCUT2D eigenvalue weighted by atomic mass is 35.5. The van der Waals surface area contributed by atoms with Gasteiger partial charge in [-0.3, -0.25) is 28.3 Å². The van der Waals surface area contributed by atoms with Gasteiger partial charge in [0.05, 0.1) is 20.9 Å². The number of halogens is 2. The number of rotatable bonds is 18. The molecule has 0 spiro atoms. The Balaban J connectivity index is 1.38. The lowest BCUT2D eigenvalue weighted by Crippen LogP contribution is -2.27. The van der Waals surface area contributed by atoms with Gasteiger partial charge in [-0.05, 0) is 98.2 Å². The molecule has 18 heteroatoms. The van der Waals surface area contributed by atoms with Gasteiger partial charge in [-0.1, -0.05) is 36.4 Å². The molecule has 0 saturated heterocycles. The topological polar surface area (TPSA) is 225 Å². The number of anilines is 2. The minimum absolute atomic E-state index is 0.0171. The highest BCUT2D eigenvalue weighted by molar-refractivity contribution is 7.86. The van der Waals surface area contributed by atoms with Crippen LogP contribution < -0.4 is 21.3 Å². The van der Waals surface area contributed by atoms with Crippen molar-refractivity contribution >= 4 is 78.2 Å². The Hall–Kier alpha value is -4.84. The van der Waals surface area contributed by atoms with Crippen molar-refractivity contribution in [2.45, 2.75) is 74.5 Å². The number of fused-ring (bicyclic) bond motifs is 2. The molecule has 14 nitrogen and oxygen atoms in total. The number of ketones is 2. The zero-order chi connectivity index (χ0) is 42.4. The number of carbonyl (C=O) groups is 4. The summed E-state index contributed by atoms with van der Waals surface area (Å²) in [6.07, 6.45) is 1.80. The highest BCUT2D eigenvalue weighted by Crippen LogP contribution is 2.37. The van der Waals surface area contributed by atoms with E-state index in [1.54, 1.807) is 48.5 Å². The fourth-order valence-electron chi connectivity index (χ4n) is 6.71. The summed E-state index contributed by atoms with van der Waals surface area (Å²) in [5.41, 5.74) is 4.20. The van der Waals surface area contributed by atoms with Gasteiger partial charge in [-0.15, -0.1) is 23.2 Å². The monoisotopic (exact) mass is 872 g/mol. The molecule has 2 unspecified atom stereocenters. The van der Waals surface area contributed by atoms with Gasteiger partial charge in [0.1, 0.15) is 11.8 Å². The molecule has 0 saturated carbocycles. The normalized spacial score (nSPS) is 13.6. The van der Waals surface area contributed by atoms with Gasteiger partial charge in [0.25, 0.3) is 20.2 Å². The molecule has 0 heterocycles. The van der Waals surface area contributed by atoms with E-state index in [9.17, 15) is 45.1 Å². The van der Waals surface area contributed by atoms with Crippen molar-refractivity contribution in [3.8, 4) is 0 Å². The number of amides is 2. The number of alkyl halides is 2. The van der Waals surface area contributed by atoms with Crippen LogP contribution >= 0.6 is 23.2 Å². The average Bonchev–Trinajstić information content (AvgIpc) is 3.19. The zero-order valence-electron chi connectivity index (χ0n) is 31.5. The van der Waals surface area contributed by atoms with Crippen LogP contribution in [0.25, 0.3) is 0 Å². The van der Waals surface area contributed by atoms with E-state index in [1.807, 2.05) is 13.8 Å². The van der Waals surface area contributed by atoms with Crippen LogP contribution in [0.5, 0.6) is 0 Å². The first-order valence-corrected chi connectivity index (χ1v) is 22.1. The molecule has 0 fully saturated rings. The Morgan fingerprint density at radius 1 is 0.603 bits per heavy atom. The standard InChI is InChI=1S/C40H42Cl2N4O10S2/c1-23(7-9-25-11-13-29(57(51,52)53)17-27(25)21-43-35(47)19-41)45-33-15-16-34(38-37(33)39(49)31-5-3-4-6-32(31)40(38)50)46-24(2)8-10-26-12-14-30(58(54,55)56)18-28(26)22-44-36(48)20-42/h3-6,11-18,23-24,45-46H,7-10,19-22H2,1-2H3,(H,43,47)(H,44,48)(H,51,52,53)(H,54,55,56). The van der Waals surface area contributed by atoms with Gasteiger partial charge in [0.15, 0.2) is 11.6 Å². The van der Waals surface area contributed by atoms with Gasteiger partial charge in [0, 0.05) is 47.7 Å². The Kier molecular flexibility index (Phi) is 14.4. The van der Waals surface area contributed by atoms with E-state index in [0.29, 0.717) is 59.3 Å². The Bertz CT molecular complexity index is 2310. The van der Waals surface area contributed by atoms with Gasteiger partial charge < -0.3 is 21.3 Å². The van der Waals surface area contributed by atoms with Crippen LogP contribution in [0.15, 0.2) is 82.6 Å². The molecule has 58 heavy (non-hydrogen) atoms. The third kappa shape index (κ3) is 10.8. The van der Waals surface area contributed by atoms with Crippen LogP contribution in [-0.4, -0.2) is 73.2 Å². The van der Waals surface area contributed by atoms with Crippen molar-refractivity contribution in [1.29, 1.82) is 0 Å². The number of carbonyl (C=O) groups excluding carboxylic acids is 4. The second kappa shape index (κ2) is 18.8. The SMILES string of the molecule is CC(CCc1ccc(S(=O)(=O)O)cc1CNC(=O)CCl)Nc1ccc(NC(C)CCc2ccc(S(=O)(=O)O)cc2CNC(=O)CCl)c2c1C(=O)c1ccccc1C2=O. The molecular formula is C40H42Cl2N4O10S2. The van der Waals surface area contributed by atoms with E-state index in [2.05, 4.69) is 21.3 Å². The Labute approximate surface area is 346 Å². The number of hydrogen-bond donors (Lipinski definition) is 6. The van der Waals surface area contributed by atoms with Gasteiger partial charge >= 0.3 is 0 Å². The zero-order valence-corrected chi connectivity index (χ0v) is 34.6.